The molecule has 0 spiro atoms. The van der Waals surface area contributed by atoms with Gasteiger partial charge in [0.05, 0.1) is 6.04 Å². The van der Waals surface area contributed by atoms with E-state index in [9.17, 15) is 14.7 Å². The highest BCUT2D eigenvalue weighted by Crippen LogP contribution is 2.25. The summed E-state index contributed by atoms with van der Waals surface area (Å²) >= 11 is 5.95. The number of hydrogen-bond acceptors (Lipinski definition) is 3. The van der Waals surface area contributed by atoms with Gasteiger partial charge in [-0.3, -0.25) is 9.59 Å². The van der Waals surface area contributed by atoms with E-state index in [1.165, 1.54) is 0 Å². The van der Waals surface area contributed by atoms with Gasteiger partial charge in [0.15, 0.2) is 0 Å². The first-order valence-electron chi connectivity index (χ1n) is 12.2. The van der Waals surface area contributed by atoms with Gasteiger partial charge in [-0.1, -0.05) is 66.9 Å². The van der Waals surface area contributed by atoms with E-state index in [4.69, 9.17) is 16.3 Å². The molecule has 0 saturated carbocycles. The number of carbonyl (C=O) groups excluding carboxylic acids is 1. The van der Waals surface area contributed by atoms with Crippen LogP contribution in [0.15, 0.2) is 60.7 Å². The molecule has 0 bridgehead atoms. The van der Waals surface area contributed by atoms with Gasteiger partial charge in [-0.15, -0.1) is 0 Å². The van der Waals surface area contributed by atoms with Gasteiger partial charge in [-0.05, 0) is 79.6 Å². The van der Waals surface area contributed by atoms with Crippen molar-refractivity contribution in [3.63, 3.8) is 0 Å². The van der Waals surface area contributed by atoms with Crippen LogP contribution in [0.3, 0.4) is 0 Å². The Morgan fingerprint density at radius 1 is 0.972 bits per heavy atom. The summed E-state index contributed by atoms with van der Waals surface area (Å²) in [4.78, 5) is 24.8. The summed E-state index contributed by atoms with van der Waals surface area (Å²) in [5.74, 6) is -0.0631. The molecule has 0 heterocycles. The molecule has 0 aliphatic heterocycles. The normalized spacial score (nSPS) is 11.8. The third kappa shape index (κ3) is 8.13. The van der Waals surface area contributed by atoms with E-state index in [1.54, 1.807) is 30.3 Å². The highest BCUT2D eigenvalue weighted by molar-refractivity contribution is 6.30. The van der Waals surface area contributed by atoms with E-state index in [2.05, 4.69) is 51.2 Å². The van der Waals surface area contributed by atoms with Crippen molar-refractivity contribution in [3.05, 3.63) is 99.1 Å². The minimum atomic E-state index is -0.899. The Bertz CT molecular complexity index is 1180. The van der Waals surface area contributed by atoms with Crippen LogP contribution in [0.5, 0.6) is 5.75 Å². The molecule has 190 valence electrons. The molecule has 0 radical (unpaired) electrons. The van der Waals surface area contributed by atoms with E-state index in [0.717, 1.165) is 28.7 Å². The number of amides is 1. The van der Waals surface area contributed by atoms with Gasteiger partial charge >= 0.3 is 5.97 Å². The molecule has 3 aromatic rings. The average Bonchev–Trinajstić information content (AvgIpc) is 2.81. The molecule has 3 rings (SSSR count). The second-order valence-corrected chi connectivity index (χ2v) is 10.1. The van der Waals surface area contributed by atoms with Crippen molar-refractivity contribution in [1.29, 1.82) is 0 Å². The van der Waals surface area contributed by atoms with Gasteiger partial charge in [0.25, 0.3) is 5.91 Å². The molecule has 5 nitrogen and oxygen atoms in total. The minimum Gasteiger partial charge on any atom is -0.489 e. The fourth-order valence-corrected chi connectivity index (χ4v) is 4.40. The lowest BCUT2D eigenvalue weighted by Crippen LogP contribution is -2.30. The first kappa shape index (κ1) is 27.3. The van der Waals surface area contributed by atoms with Crippen molar-refractivity contribution in [3.8, 4) is 5.75 Å². The smallest absolute Gasteiger partial charge is 0.303 e. The van der Waals surface area contributed by atoms with Crippen LogP contribution in [-0.2, 0) is 17.8 Å². The summed E-state index contributed by atoms with van der Waals surface area (Å²) in [6, 6.07) is 18.8. The third-order valence-corrected chi connectivity index (χ3v) is 6.16. The second kappa shape index (κ2) is 12.6. The van der Waals surface area contributed by atoms with Crippen LogP contribution in [0.2, 0.25) is 5.02 Å². The monoisotopic (exact) mass is 507 g/mol. The van der Waals surface area contributed by atoms with E-state index in [0.29, 0.717) is 27.8 Å². The number of carboxylic acid groups (broad SMARTS) is 1. The van der Waals surface area contributed by atoms with Crippen molar-refractivity contribution in [2.75, 3.05) is 0 Å². The van der Waals surface area contributed by atoms with Crippen LogP contribution in [-0.4, -0.2) is 17.0 Å². The van der Waals surface area contributed by atoms with Gasteiger partial charge < -0.3 is 15.2 Å². The molecule has 6 heteroatoms. The Kier molecular flexibility index (Phi) is 9.54. The Labute approximate surface area is 218 Å². The lowest BCUT2D eigenvalue weighted by atomic mass is 9.93. The zero-order valence-electron chi connectivity index (χ0n) is 21.3. The molecule has 0 aliphatic rings. The summed E-state index contributed by atoms with van der Waals surface area (Å²) in [5.41, 5.74) is 5.37. The first-order chi connectivity index (χ1) is 17.1. The Morgan fingerprint density at radius 3 is 2.25 bits per heavy atom. The lowest BCUT2D eigenvalue weighted by molar-refractivity contribution is -0.136. The molecule has 1 amide bonds. The SMILES string of the molecule is Cc1cc(C)cc(C(CC(C)C)NC(=O)c2cc(COc3ccc(Cl)cc3)ccc2CCC(=O)O)c1. The standard InChI is InChI=1S/C30H34ClNO4/c1-19(2)13-28(24-15-20(3)14-21(4)16-24)32-30(35)27-17-22(5-6-23(27)7-12-29(33)34)18-36-26-10-8-25(31)9-11-26/h5-6,8-11,14-17,19,28H,7,12-13,18H2,1-4H3,(H,32,35)(H,33,34). The molecule has 0 aliphatic carbocycles. The van der Waals surface area contributed by atoms with Crippen LogP contribution in [0.1, 0.15) is 70.9 Å². The molecular weight excluding hydrogens is 474 g/mol. The third-order valence-electron chi connectivity index (χ3n) is 5.91. The van der Waals surface area contributed by atoms with Crippen LogP contribution < -0.4 is 10.1 Å². The summed E-state index contributed by atoms with van der Waals surface area (Å²) in [5, 5.41) is 13.1. The highest BCUT2D eigenvalue weighted by Gasteiger charge is 2.20. The molecule has 2 N–H and O–H groups in total. The summed E-state index contributed by atoms with van der Waals surface area (Å²) < 4.78 is 5.86. The first-order valence-corrected chi connectivity index (χ1v) is 12.6. The number of benzene rings is 3. The lowest BCUT2D eigenvalue weighted by Gasteiger charge is -2.23. The van der Waals surface area contributed by atoms with Crippen LogP contribution in [0.4, 0.5) is 0 Å². The topological polar surface area (TPSA) is 75.6 Å². The maximum atomic E-state index is 13.6. The number of carboxylic acids is 1. The van der Waals surface area contributed by atoms with Crippen LogP contribution in [0.25, 0.3) is 0 Å². The predicted molar refractivity (Wildman–Crippen MR) is 144 cm³/mol. The van der Waals surface area contributed by atoms with Crippen molar-refractivity contribution < 1.29 is 19.4 Å². The number of rotatable bonds is 11. The molecule has 3 aromatic carbocycles. The number of aryl methyl sites for hydroxylation is 3. The summed E-state index contributed by atoms with van der Waals surface area (Å²) in [6.45, 7) is 8.65. The van der Waals surface area contributed by atoms with E-state index < -0.39 is 5.97 Å². The van der Waals surface area contributed by atoms with Gasteiger partial charge in [-0.2, -0.15) is 0 Å². The number of halogens is 1. The molecule has 36 heavy (non-hydrogen) atoms. The van der Waals surface area contributed by atoms with E-state index in [1.807, 2.05) is 12.1 Å². The second-order valence-electron chi connectivity index (χ2n) is 9.70. The Hall–Kier alpha value is -3.31. The fraction of sp³-hybridized carbons (Fsp3) is 0.333. The molecule has 0 aromatic heterocycles. The molecule has 1 atom stereocenters. The number of carbonyl (C=O) groups is 2. The van der Waals surface area contributed by atoms with E-state index >= 15 is 0 Å². The zero-order chi connectivity index (χ0) is 26.2. The van der Waals surface area contributed by atoms with Crippen molar-refractivity contribution >= 4 is 23.5 Å². The van der Waals surface area contributed by atoms with Crippen LogP contribution >= 0.6 is 11.6 Å². The Morgan fingerprint density at radius 2 is 1.64 bits per heavy atom. The minimum absolute atomic E-state index is 0.0482. The van der Waals surface area contributed by atoms with E-state index in [-0.39, 0.29) is 31.4 Å². The number of nitrogens with one attached hydrogen (secondary N) is 1. The van der Waals surface area contributed by atoms with Crippen molar-refractivity contribution in [1.82, 2.24) is 5.32 Å². The Balaban J connectivity index is 1.87. The molecule has 0 saturated heterocycles. The fourth-order valence-electron chi connectivity index (χ4n) is 4.28. The van der Waals surface area contributed by atoms with Crippen molar-refractivity contribution in [2.24, 2.45) is 5.92 Å². The van der Waals surface area contributed by atoms with Gasteiger partial charge in [0.1, 0.15) is 12.4 Å². The number of ether oxygens (including phenoxy) is 1. The quantitative estimate of drug-likeness (QED) is 0.291. The van der Waals surface area contributed by atoms with Crippen molar-refractivity contribution in [2.45, 2.75) is 59.6 Å². The number of hydrogen-bond donors (Lipinski definition) is 2. The summed E-state index contributed by atoms with van der Waals surface area (Å²) in [7, 11) is 0. The molecule has 1 unspecified atom stereocenters. The maximum Gasteiger partial charge on any atom is 0.303 e. The summed E-state index contributed by atoms with van der Waals surface area (Å²) in [6.07, 6.45) is 1.01. The predicted octanol–water partition coefficient (Wildman–Crippen LogP) is 7.07. The van der Waals surface area contributed by atoms with Gasteiger partial charge in [-0.25, -0.2) is 0 Å². The van der Waals surface area contributed by atoms with Gasteiger partial charge in [0, 0.05) is 17.0 Å². The maximum absolute atomic E-state index is 13.6. The average molecular weight is 508 g/mol. The number of aliphatic carboxylic acids is 1. The van der Waals surface area contributed by atoms with Crippen LogP contribution in [0, 0.1) is 19.8 Å². The van der Waals surface area contributed by atoms with Gasteiger partial charge in [0.2, 0.25) is 0 Å². The molecule has 0 fully saturated rings. The molecular formula is C30H34ClNO4. The largest absolute Gasteiger partial charge is 0.489 e. The zero-order valence-corrected chi connectivity index (χ0v) is 22.1. The highest BCUT2D eigenvalue weighted by atomic mass is 35.5.